The van der Waals surface area contributed by atoms with Crippen LogP contribution >= 0.6 is 0 Å². The van der Waals surface area contributed by atoms with Gasteiger partial charge in [-0.05, 0) is 305 Å². The molecule has 0 spiro atoms. The molecule has 0 N–H and O–H groups in total. The van der Waals surface area contributed by atoms with E-state index in [0.717, 1.165) is 44.5 Å². The van der Waals surface area contributed by atoms with Crippen molar-refractivity contribution in [3.8, 4) is 44.5 Å². The van der Waals surface area contributed by atoms with E-state index in [-0.39, 0.29) is 94.4 Å². The van der Waals surface area contributed by atoms with Gasteiger partial charge in [0.1, 0.15) is 69.8 Å². The van der Waals surface area contributed by atoms with Crippen LogP contribution < -0.4 is 0 Å². The lowest BCUT2D eigenvalue weighted by molar-refractivity contribution is 0.102. The number of benzene rings is 19. The van der Waals surface area contributed by atoms with Crippen molar-refractivity contribution in [1.82, 2.24) is 0 Å². The summed E-state index contributed by atoms with van der Waals surface area (Å²) in [6, 6.07) is 115. The highest BCUT2D eigenvalue weighted by Crippen LogP contribution is 2.30. The van der Waals surface area contributed by atoms with Gasteiger partial charge in [0.15, 0.2) is 52.0 Å². The lowest BCUT2D eigenvalue weighted by atomic mass is 9.97. The molecular weight excluding hydrogens is 1860 g/mol. The van der Waals surface area contributed by atoms with Gasteiger partial charge in [0, 0.05) is 100 Å². The van der Waals surface area contributed by atoms with Gasteiger partial charge in [-0.1, -0.05) is 208 Å². The van der Waals surface area contributed by atoms with Crippen LogP contribution in [0.1, 0.15) is 151 Å². The highest BCUT2D eigenvalue weighted by Gasteiger charge is 2.21. The summed E-state index contributed by atoms with van der Waals surface area (Å²) < 4.78 is 155. The number of hydrogen-bond acceptors (Lipinski definition) is 9. The molecule has 714 valence electrons. The minimum absolute atomic E-state index is 0. The van der Waals surface area contributed by atoms with Crippen LogP contribution in [-0.4, -0.2) is 52.0 Å². The fourth-order valence-corrected chi connectivity index (χ4v) is 14.5. The topological polar surface area (TPSA) is 154 Å². The normalized spacial score (nSPS) is 10.4. The maximum Gasteiger partial charge on any atom is 0.193 e. The van der Waals surface area contributed by atoms with E-state index in [2.05, 4.69) is 0 Å². The minimum Gasteiger partial charge on any atom is -0.289 e. The molecule has 19 rings (SSSR count). The SMILES string of the molecule is C.O=C(c1ccc(-c2ccc(F)cc2)cc1)c1ccc(-c2ccc(F)cc2)cc1.O=C(c1ccc(F)cc1)c1ccc(-c2ccc(C(=O)c3ccc(F)cc3)cc2)cc1.O=C(c1ccc(F)cc1)c1ccc(-c2ccc(F)cc2)cc1.O=C(c1ccc(F)cc1)c1ccc(C(=O)c2ccc(F)cc2)cc1.O=C(c1ccc(F)cc1)c1ccc(F)cc1.O=C(c1ccc(F)cc1)c1cccc(C(=O)c2ccc(F)cc2)c1. The van der Waals surface area contributed by atoms with Crippen molar-refractivity contribution in [2.45, 2.75) is 7.43 Å². The maximum atomic E-state index is 13.1. The Labute approximate surface area is 826 Å². The Kier molecular flexibility index (Phi) is 35.3. The third kappa shape index (κ3) is 28.4. The summed E-state index contributed by atoms with van der Waals surface area (Å²) in [5.41, 5.74) is 14.8. The van der Waals surface area contributed by atoms with Gasteiger partial charge in [0.05, 0.1) is 0 Å². The lowest BCUT2D eigenvalue weighted by Gasteiger charge is -2.06. The smallest absolute Gasteiger partial charge is 0.193 e. The molecule has 0 aliphatic heterocycles. The average Bonchev–Trinajstić information content (AvgIpc) is 0.809. The Bertz CT molecular complexity index is 7350. The Morgan fingerprint density at radius 1 is 0.103 bits per heavy atom. The zero-order valence-corrected chi connectivity index (χ0v) is 75.6. The molecule has 0 aliphatic carbocycles. The zero-order chi connectivity index (χ0) is 102. The van der Waals surface area contributed by atoms with Crippen molar-refractivity contribution in [3.63, 3.8) is 0 Å². The molecule has 9 nitrogen and oxygen atoms in total. The minimum atomic E-state index is -0.424. The quantitative estimate of drug-likeness (QED) is 0.0476. The number of carbonyl (C=O) groups is 9. The fraction of sp³-hybridized carbons (Fsp3) is 0.00806. The first kappa shape index (κ1) is 104. The summed E-state index contributed by atoms with van der Waals surface area (Å²) in [6.45, 7) is 0. The first-order valence-electron chi connectivity index (χ1n) is 44.2. The van der Waals surface area contributed by atoms with Crippen LogP contribution in [0.2, 0.25) is 0 Å². The summed E-state index contributed by atoms with van der Waals surface area (Å²) >= 11 is 0. The van der Waals surface area contributed by atoms with Crippen LogP contribution in [0, 0.1) is 69.8 Å². The first-order valence-corrected chi connectivity index (χ1v) is 44.2. The van der Waals surface area contributed by atoms with E-state index >= 15 is 0 Å². The molecule has 19 aromatic carbocycles. The third-order valence-electron chi connectivity index (χ3n) is 22.4. The van der Waals surface area contributed by atoms with Crippen molar-refractivity contribution in [2.75, 3.05) is 0 Å². The predicted molar refractivity (Wildman–Crippen MR) is 535 cm³/mol. The highest BCUT2D eigenvalue weighted by atomic mass is 19.2. The van der Waals surface area contributed by atoms with E-state index in [1.54, 1.807) is 140 Å². The standard InChI is InChI=1S/C26H16F2O2.C25H16F2O.2C20H12F2O2.C19H12F2O.C13H8F2O.CH4/c27-23-13-9-21(10-14-23)25(29)19-5-1-17(2-6-19)18-3-7-20(8-4-18)26(30)22-11-15-24(28)16-12-22;26-23-13-9-19(10-14-23)17-1-5-21(6-2-17)25(28)22-7-3-18(4-8-22)20-11-15-24(27)16-12-20;21-17-9-5-15(6-10-17)19(23)13-1-2-14(4-3-13)20(24)16-7-11-18(22)12-8-16;21-17-8-4-13(5-9-17)19(23)15-2-1-3-16(12-15)20(24)14-6-10-18(22)11-7-14;20-17-9-5-14(6-10-17)13-1-3-15(4-2-13)19(22)16-7-11-18(21)12-8-16;14-11-5-1-9(2-6-11)13(16)10-3-7-12(15)8-4-10;/h1-16H;1-16H;2*1-12H;1-12H;1-8H;1H4. The number of rotatable bonds is 22. The first-order chi connectivity index (χ1) is 69.5. The van der Waals surface area contributed by atoms with E-state index in [1.807, 2.05) is 60.7 Å². The van der Waals surface area contributed by atoms with E-state index in [9.17, 15) is 95.8 Å². The Morgan fingerprint density at radius 2 is 0.179 bits per heavy atom. The highest BCUT2D eigenvalue weighted by molar-refractivity contribution is 6.15. The Hall–Kier alpha value is -18.6. The molecule has 0 aromatic heterocycles. The molecule has 21 heteroatoms. The largest absolute Gasteiger partial charge is 0.289 e. The molecule has 0 amide bonds. The van der Waals surface area contributed by atoms with E-state index in [4.69, 9.17) is 0 Å². The molecule has 0 aliphatic rings. The molecule has 145 heavy (non-hydrogen) atoms. The summed E-state index contributed by atoms with van der Waals surface area (Å²) in [6.07, 6.45) is 0. The second-order valence-electron chi connectivity index (χ2n) is 32.1. The molecule has 0 saturated heterocycles. The van der Waals surface area contributed by atoms with Crippen molar-refractivity contribution >= 4 is 52.0 Å². The Balaban J connectivity index is 0.000000147. The summed E-state index contributed by atoms with van der Waals surface area (Å²) in [5, 5.41) is 0. The average molecular weight is 1940 g/mol. The molecule has 0 saturated carbocycles. The van der Waals surface area contributed by atoms with Gasteiger partial charge in [0.2, 0.25) is 0 Å². The zero-order valence-electron chi connectivity index (χ0n) is 75.6. The van der Waals surface area contributed by atoms with Gasteiger partial charge in [-0.2, -0.15) is 0 Å². The molecule has 0 radical (unpaired) electrons. The molecular formula is C124H80F12O9. The van der Waals surface area contributed by atoms with Crippen LogP contribution in [0.25, 0.3) is 44.5 Å². The number of halogens is 12. The van der Waals surface area contributed by atoms with Crippen LogP contribution in [0.5, 0.6) is 0 Å². The summed E-state index contributed by atoms with van der Waals surface area (Å²) in [5.74, 6) is -6.39. The molecule has 0 atom stereocenters. The van der Waals surface area contributed by atoms with Crippen LogP contribution in [0.3, 0.4) is 0 Å². The molecule has 0 unspecified atom stereocenters. The van der Waals surface area contributed by atoms with Gasteiger partial charge in [0.25, 0.3) is 0 Å². The van der Waals surface area contributed by atoms with Crippen molar-refractivity contribution in [2.24, 2.45) is 0 Å². The van der Waals surface area contributed by atoms with Gasteiger partial charge in [-0.25, -0.2) is 52.7 Å². The van der Waals surface area contributed by atoms with Gasteiger partial charge in [-0.3, -0.25) is 43.2 Å². The number of carbonyl (C=O) groups excluding carboxylic acids is 9. The second-order valence-corrected chi connectivity index (χ2v) is 32.1. The maximum absolute atomic E-state index is 13.1. The lowest BCUT2D eigenvalue weighted by Crippen LogP contribution is -2.06. The second kappa shape index (κ2) is 49.3. The molecule has 0 bridgehead atoms. The number of ketones is 9. The van der Waals surface area contributed by atoms with Gasteiger partial charge >= 0.3 is 0 Å². The van der Waals surface area contributed by atoms with E-state index in [1.165, 1.54) is 261 Å². The Morgan fingerprint density at radius 3 is 0.290 bits per heavy atom. The summed E-state index contributed by atoms with van der Waals surface area (Å²) in [7, 11) is 0. The van der Waals surface area contributed by atoms with Crippen molar-refractivity contribution in [1.29, 1.82) is 0 Å². The fourth-order valence-electron chi connectivity index (χ4n) is 14.5. The summed E-state index contributed by atoms with van der Waals surface area (Å²) in [4.78, 5) is 111. The molecule has 0 heterocycles. The number of hydrogen-bond donors (Lipinski definition) is 0. The van der Waals surface area contributed by atoms with Crippen LogP contribution in [0.4, 0.5) is 52.7 Å². The van der Waals surface area contributed by atoms with Crippen molar-refractivity contribution < 1.29 is 95.8 Å². The van der Waals surface area contributed by atoms with E-state index < -0.39 is 34.9 Å². The van der Waals surface area contributed by atoms with Crippen molar-refractivity contribution in [3.05, 3.63) is 631 Å². The van der Waals surface area contributed by atoms with Crippen LogP contribution in [0.15, 0.2) is 461 Å². The van der Waals surface area contributed by atoms with Crippen LogP contribution in [-0.2, 0) is 0 Å². The molecule has 19 aromatic rings. The predicted octanol–water partition coefficient (Wildman–Crippen LogP) is 30.2. The van der Waals surface area contributed by atoms with E-state index in [0.29, 0.717) is 100 Å². The monoisotopic (exact) mass is 1940 g/mol. The molecule has 0 fully saturated rings. The third-order valence-corrected chi connectivity index (χ3v) is 22.4. The van der Waals surface area contributed by atoms with Gasteiger partial charge < -0.3 is 0 Å². The van der Waals surface area contributed by atoms with Gasteiger partial charge in [-0.15, -0.1) is 0 Å².